The van der Waals surface area contributed by atoms with E-state index in [1.807, 2.05) is 30.3 Å². The third-order valence-corrected chi connectivity index (χ3v) is 6.38. The van der Waals surface area contributed by atoms with Crippen LogP contribution in [0.25, 0.3) is 0 Å². The van der Waals surface area contributed by atoms with Crippen molar-refractivity contribution in [2.45, 2.75) is 30.7 Å². The van der Waals surface area contributed by atoms with Crippen LogP contribution < -0.4 is 11.1 Å². The van der Waals surface area contributed by atoms with Crippen LogP contribution in [0.3, 0.4) is 0 Å². The number of nitrogens with two attached hydrogens (primary N) is 1. The fourth-order valence-electron chi connectivity index (χ4n) is 3.43. The fourth-order valence-corrected chi connectivity index (χ4v) is 4.85. The van der Waals surface area contributed by atoms with Crippen molar-refractivity contribution in [1.29, 1.82) is 0 Å². The molecule has 0 aliphatic carbocycles. The number of halogens is 2. The van der Waals surface area contributed by atoms with Gasteiger partial charge in [-0.15, -0.1) is 0 Å². The predicted molar refractivity (Wildman–Crippen MR) is 123 cm³/mol. The van der Waals surface area contributed by atoms with Crippen LogP contribution in [0, 0.1) is 11.6 Å². The summed E-state index contributed by atoms with van der Waals surface area (Å²) in [4.78, 5) is 16.5. The van der Waals surface area contributed by atoms with E-state index in [0.29, 0.717) is 19.4 Å². The van der Waals surface area contributed by atoms with Crippen molar-refractivity contribution in [2.75, 3.05) is 13.7 Å². The first-order chi connectivity index (χ1) is 15.8. The zero-order valence-electron chi connectivity index (χ0n) is 18.2. The minimum absolute atomic E-state index is 0.0594. The molecular formula is C22H25F2N5O3S. The molecule has 8 nitrogen and oxygen atoms in total. The summed E-state index contributed by atoms with van der Waals surface area (Å²) in [6.07, 6.45) is -0.492. The van der Waals surface area contributed by atoms with Gasteiger partial charge in [0.25, 0.3) is 5.91 Å². The average molecular weight is 478 g/mol. The summed E-state index contributed by atoms with van der Waals surface area (Å²) in [5, 5.41) is 22.2. The summed E-state index contributed by atoms with van der Waals surface area (Å²) in [5.74, 6) is -1.86. The normalized spacial score (nSPS) is 19.2. The average Bonchev–Trinajstić information content (AvgIpc) is 3.19. The maximum Gasteiger partial charge on any atom is 0.272 e. The third kappa shape index (κ3) is 5.42. The molecular weight excluding hydrogens is 452 g/mol. The number of thioether (sulfide) groups is 1. The molecule has 0 aromatic heterocycles. The Labute approximate surface area is 194 Å². The first-order valence-corrected chi connectivity index (χ1v) is 11.0. The Hall–Kier alpha value is -3.18. The summed E-state index contributed by atoms with van der Waals surface area (Å²) >= 11 is 1.13. The lowest BCUT2D eigenvalue weighted by molar-refractivity contribution is -0.143. The molecule has 0 fully saturated rings. The zero-order valence-corrected chi connectivity index (χ0v) is 19.0. The Morgan fingerprint density at radius 2 is 2.06 bits per heavy atom. The van der Waals surface area contributed by atoms with E-state index in [9.17, 15) is 18.7 Å². The maximum absolute atomic E-state index is 14.6. The van der Waals surface area contributed by atoms with Gasteiger partial charge in [0, 0.05) is 12.1 Å². The van der Waals surface area contributed by atoms with E-state index >= 15 is 0 Å². The Balaban J connectivity index is 2.01. The summed E-state index contributed by atoms with van der Waals surface area (Å²) in [6, 6.07) is 12.2. The monoisotopic (exact) mass is 477 g/mol. The number of guanidine groups is 1. The molecule has 4 N–H and O–H groups in total. The number of carbonyl (C=O) groups is 1. The molecule has 33 heavy (non-hydrogen) atoms. The van der Waals surface area contributed by atoms with E-state index in [1.54, 1.807) is 0 Å². The molecule has 3 rings (SSSR count). The van der Waals surface area contributed by atoms with Gasteiger partial charge in [0.15, 0.2) is 0 Å². The van der Waals surface area contributed by atoms with Crippen LogP contribution in [-0.2, 0) is 14.5 Å². The molecule has 0 bridgehead atoms. The van der Waals surface area contributed by atoms with Gasteiger partial charge in [-0.1, -0.05) is 42.1 Å². The number of hydrazone groups is 1. The smallest absolute Gasteiger partial charge is 0.272 e. The molecule has 0 radical (unpaired) electrons. The Morgan fingerprint density at radius 1 is 1.33 bits per heavy atom. The number of hydrogen-bond donors (Lipinski definition) is 3. The van der Waals surface area contributed by atoms with Crippen molar-refractivity contribution >= 4 is 28.7 Å². The van der Waals surface area contributed by atoms with Crippen LogP contribution in [0.4, 0.5) is 8.78 Å². The molecule has 2 aromatic carbocycles. The van der Waals surface area contributed by atoms with Gasteiger partial charge in [-0.05, 0) is 48.7 Å². The van der Waals surface area contributed by atoms with Crippen LogP contribution in [0.5, 0.6) is 0 Å². The van der Waals surface area contributed by atoms with Crippen molar-refractivity contribution < 1.29 is 23.5 Å². The van der Waals surface area contributed by atoms with Crippen LogP contribution in [0.15, 0.2) is 58.8 Å². The minimum Gasteiger partial charge on any atom is -0.396 e. The predicted octanol–water partition coefficient (Wildman–Crippen LogP) is 2.68. The van der Waals surface area contributed by atoms with E-state index in [1.165, 1.54) is 19.0 Å². The van der Waals surface area contributed by atoms with Crippen molar-refractivity contribution in [3.05, 3.63) is 71.3 Å². The molecule has 2 aromatic rings. The van der Waals surface area contributed by atoms with Gasteiger partial charge in [-0.2, -0.15) is 5.10 Å². The number of aliphatic hydroxyl groups excluding tert-OH is 1. The number of nitrogens with one attached hydrogen (secondary N) is 1. The standard InChI is InChI=1S/C22H25F2N5O3S/c1-14(30)20(31)29-22(15-7-4-3-5-8-15,11-6-12-26-21(25)28-32-2)33-19(27-29)17-13-16(23)9-10-18(17)24/h3-5,7-10,13-14,30H,6,11-12H2,1-2H3,(H3,25,26,28)/t14-,22?/m0/s1. The van der Waals surface area contributed by atoms with Gasteiger partial charge in [0.1, 0.15) is 34.8 Å². The molecule has 176 valence electrons. The molecule has 0 spiro atoms. The first-order valence-electron chi connectivity index (χ1n) is 10.2. The van der Waals surface area contributed by atoms with Gasteiger partial charge in [-0.3, -0.25) is 4.79 Å². The second-order valence-electron chi connectivity index (χ2n) is 7.30. The van der Waals surface area contributed by atoms with Gasteiger partial charge < -0.3 is 21.0 Å². The highest BCUT2D eigenvalue weighted by molar-refractivity contribution is 8.15. The molecule has 11 heteroatoms. The van der Waals surface area contributed by atoms with Crippen molar-refractivity contribution in [3.8, 4) is 0 Å². The SMILES string of the molecule is CO/N=C(/N)NCCCC1(c2ccccc2)SC(c2cc(F)ccc2F)=NN1C(=O)[C@H](C)O. The van der Waals surface area contributed by atoms with Crippen LogP contribution >= 0.6 is 11.8 Å². The second kappa shape index (κ2) is 10.6. The number of amides is 1. The van der Waals surface area contributed by atoms with E-state index in [2.05, 4.69) is 20.4 Å². The van der Waals surface area contributed by atoms with Crippen LogP contribution in [0.1, 0.15) is 30.9 Å². The van der Waals surface area contributed by atoms with E-state index in [-0.39, 0.29) is 16.6 Å². The largest absolute Gasteiger partial charge is 0.396 e. The van der Waals surface area contributed by atoms with Gasteiger partial charge in [-0.25, -0.2) is 13.8 Å². The second-order valence-corrected chi connectivity index (χ2v) is 8.56. The first kappa shape index (κ1) is 24.5. The molecule has 2 atom stereocenters. The number of benzene rings is 2. The lowest BCUT2D eigenvalue weighted by atomic mass is 9.99. The number of oxime groups is 1. The van der Waals surface area contributed by atoms with E-state index in [4.69, 9.17) is 5.73 Å². The molecule has 1 unspecified atom stereocenters. The number of hydrogen-bond acceptors (Lipinski definition) is 6. The lowest BCUT2D eigenvalue weighted by Crippen LogP contribution is -2.45. The minimum atomic E-state index is -1.35. The summed E-state index contributed by atoms with van der Waals surface area (Å²) in [5.41, 5.74) is 6.34. The summed E-state index contributed by atoms with van der Waals surface area (Å²) in [7, 11) is 1.37. The van der Waals surface area contributed by atoms with Crippen molar-refractivity contribution in [1.82, 2.24) is 10.3 Å². The van der Waals surface area contributed by atoms with Crippen LogP contribution in [0.2, 0.25) is 0 Å². The Morgan fingerprint density at radius 3 is 2.73 bits per heavy atom. The summed E-state index contributed by atoms with van der Waals surface area (Å²) in [6.45, 7) is 1.73. The highest BCUT2D eigenvalue weighted by atomic mass is 32.2. The quantitative estimate of drug-likeness (QED) is 0.233. The lowest BCUT2D eigenvalue weighted by Gasteiger charge is -2.36. The maximum atomic E-state index is 14.6. The number of nitrogens with zero attached hydrogens (tertiary/aromatic N) is 3. The molecule has 0 saturated heterocycles. The highest BCUT2D eigenvalue weighted by Gasteiger charge is 2.49. The Bertz CT molecular complexity index is 1050. The van der Waals surface area contributed by atoms with Gasteiger partial charge in [0.05, 0.1) is 0 Å². The molecule has 1 aliphatic rings. The Kier molecular flexibility index (Phi) is 7.88. The molecule has 1 heterocycles. The summed E-state index contributed by atoms with van der Waals surface area (Å²) < 4.78 is 28.5. The van der Waals surface area contributed by atoms with Crippen molar-refractivity contribution in [2.24, 2.45) is 16.0 Å². The molecule has 0 saturated carbocycles. The van der Waals surface area contributed by atoms with E-state index < -0.39 is 28.5 Å². The van der Waals surface area contributed by atoms with Gasteiger partial charge in [0.2, 0.25) is 5.96 Å². The molecule has 1 amide bonds. The third-order valence-electron chi connectivity index (χ3n) is 4.94. The van der Waals surface area contributed by atoms with Crippen LogP contribution in [-0.4, -0.2) is 46.8 Å². The number of rotatable bonds is 8. The van der Waals surface area contributed by atoms with Crippen molar-refractivity contribution in [3.63, 3.8) is 0 Å². The zero-order chi connectivity index (χ0) is 24.0. The number of aliphatic hydroxyl groups is 1. The topological polar surface area (TPSA) is 113 Å². The number of carbonyl (C=O) groups excluding carboxylic acids is 1. The van der Waals surface area contributed by atoms with E-state index in [0.717, 1.165) is 35.5 Å². The fraction of sp³-hybridized carbons (Fsp3) is 0.318. The molecule has 1 aliphatic heterocycles. The van der Waals surface area contributed by atoms with Gasteiger partial charge >= 0.3 is 0 Å². The highest BCUT2D eigenvalue weighted by Crippen LogP contribution is 2.50.